The molecule has 3 aromatic rings. The number of carbonyl (C=O) groups excluding carboxylic acids is 1. The number of amides is 1. The fraction of sp³-hybridized carbons (Fsp3) is 0.500. The lowest BCUT2D eigenvalue weighted by Gasteiger charge is -2.31. The Balaban J connectivity index is 1.31. The Labute approximate surface area is 181 Å². The SMILES string of the molecule is COc1ccc2[nH]c(C(=O)N3CCC(c4onc5c4C[C@@H](C)CC5)CC3)cc2c1OC. The van der Waals surface area contributed by atoms with Crippen LogP contribution in [0.5, 0.6) is 11.5 Å². The quantitative estimate of drug-likeness (QED) is 0.676. The van der Waals surface area contributed by atoms with Gasteiger partial charge in [-0.15, -0.1) is 0 Å². The molecule has 31 heavy (non-hydrogen) atoms. The molecule has 1 N–H and O–H groups in total. The van der Waals surface area contributed by atoms with E-state index in [-0.39, 0.29) is 5.91 Å². The fourth-order valence-electron chi connectivity index (χ4n) is 5.09. The van der Waals surface area contributed by atoms with Crippen LogP contribution in [-0.4, -0.2) is 48.3 Å². The molecule has 0 spiro atoms. The number of ether oxygens (including phenoxy) is 2. The van der Waals surface area contributed by atoms with Crippen LogP contribution in [0.1, 0.15) is 59.6 Å². The number of aromatic nitrogens is 2. The van der Waals surface area contributed by atoms with Crippen molar-refractivity contribution in [1.82, 2.24) is 15.0 Å². The van der Waals surface area contributed by atoms with E-state index in [1.807, 2.05) is 23.1 Å². The summed E-state index contributed by atoms with van der Waals surface area (Å²) in [7, 11) is 3.22. The van der Waals surface area contributed by atoms with Crippen LogP contribution in [0.3, 0.4) is 0 Å². The van der Waals surface area contributed by atoms with Gasteiger partial charge in [0.15, 0.2) is 11.5 Å². The van der Waals surface area contributed by atoms with E-state index in [4.69, 9.17) is 14.0 Å². The summed E-state index contributed by atoms with van der Waals surface area (Å²) in [5, 5.41) is 5.19. The number of H-pyrrole nitrogens is 1. The van der Waals surface area contributed by atoms with Gasteiger partial charge in [0.25, 0.3) is 5.91 Å². The molecule has 3 heterocycles. The number of nitrogens with zero attached hydrogens (tertiary/aromatic N) is 2. The number of fused-ring (bicyclic) bond motifs is 2. The van der Waals surface area contributed by atoms with Crippen LogP contribution in [0, 0.1) is 5.92 Å². The Bertz CT molecular complexity index is 1110. The molecular weight excluding hydrogens is 394 g/mol. The normalized spacial score (nSPS) is 19.5. The van der Waals surface area contributed by atoms with Gasteiger partial charge in [0, 0.05) is 30.0 Å². The Morgan fingerprint density at radius 2 is 2.00 bits per heavy atom. The van der Waals surface area contributed by atoms with Gasteiger partial charge in [-0.3, -0.25) is 4.79 Å². The molecule has 1 atom stereocenters. The number of methoxy groups -OCH3 is 2. The number of hydrogen-bond donors (Lipinski definition) is 1. The predicted molar refractivity (Wildman–Crippen MR) is 117 cm³/mol. The highest BCUT2D eigenvalue weighted by Gasteiger charge is 2.32. The maximum atomic E-state index is 13.2. The Hall–Kier alpha value is -2.96. The minimum atomic E-state index is 0.0175. The van der Waals surface area contributed by atoms with Crippen LogP contribution in [0.15, 0.2) is 22.7 Å². The van der Waals surface area contributed by atoms with Gasteiger partial charge < -0.3 is 23.9 Å². The second kappa shape index (κ2) is 7.94. The molecule has 2 aliphatic rings. The molecule has 1 aliphatic carbocycles. The first-order chi connectivity index (χ1) is 15.1. The molecule has 5 rings (SSSR count). The number of carbonyl (C=O) groups is 1. The van der Waals surface area contributed by atoms with E-state index in [0.717, 1.165) is 48.0 Å². The van der Waals surface area contributed by atoms with Crippen molar-refractivity contribution in [3.8, 4) is 11.5 Å². The van der Waals surface area contributed by atoms with Crippen LogP contribution < -0.4 is 9.47 Å². The van der Waals surface area contributed by atoms with Crippen LogP contribution in [0.25, 0.3) is 10.9 Å². The van der Waals surface area contributed by atoms with Gasteiger partial charge in [0.05, 0.1) is 25.4 Å². The van der Waals surface area contributed by atoms with E-state index in [1.54, 1.807) is 14.2 Å². The second-order valence-corrected chi connectivity index (χ2v) is 8.83. The molecule has 1 aromatic carbocycles. The standard InChI is InChI=1S/C24H29N3O4/c1-14-4-5-19-16(12-14)22(31-26-19)15-8-10-27(11-9-15)24(28)20-13-17-18(25-20)6-7-21(29-2)23(17)30-3/h6-7,13-15,25H,4-5,8-12H2,1-3H3/t14-/m0/s1. The van der Waals surface area contributed by atoms with Crippen LogP contribution in [-0.2, 0) is 12.8 Å². The molecule has 1 fully saturated rings. The molecule has 2 aromatic heterocycles. The number of piperidine rings is 1. The lowest BCUT2D eigenvalue weighted by atomic mass is 9.83. The molecule has 7 nitrogen and oxygen atoms in total. The van der Waals surface area contributed by atoms with Crippen LogP contribution in [0.4, 0.5) is 0 Å². The maximum absolute atomic E-state index is 13.2. The van der Waals surface area contributed by atoms with E-state index in [1.165, 1.54) is 12.0 Å². The number of aromatic amines is 1. The average molecular weight is 424 g/mol. The second-order valence-electron chi connectivity index (χ2n) is 8.83. The molecule has 7 heteroatoms. The number of hydrogen-bond acceptors (Lipinski definition) is 5. The number of likely N-dealkylation sites (tertiary alicyclic amines) is 1. The zero-order chi connectivity index (χ0) is 21.5. The smallest absolute Gasteiger partial charge is 0.270 e. The molecule has 0 bridgehead atoms. The largest absolute Gasteiger partial charge is 0.493 e. The van der Waals surface area contributed by atoms with E-state index in [2.05, 4.69) is 17.1 Å². The third kappa shape index (κ3) is 3.46. The van der Waals surface area contributed by atoms with Gasteiger partial charge in [-0.2, -0.15) is 0 Å². The van der Waals surface area contributed by atoms with Crippen molar-refractivity contribution in [2.45, 2.75) is 44.9 Å². The summed E-state index contributed by atoms with van der Waals surface area (Å²) in [6, 6.07) is 5.61. The monoisotopic (exact) mass is 423 g/mol. The van der Waals surface area contributed by atoms with Crippen molar-refractivity contribution < 1.29 is 18.8 Å². The first-order valence-electron chi connectivity index (χ1n) is 11.1. The summed E-state index contributed by atoms with van der Waals surface area (Å²) < 4.78 is 16.7. The van der Waals surface area contributed by atoms with Gasteiger partial charge in [-0.25, -0.2) is 0 Å². The highest BCUT2D eigenvalue weighted by molar-refractivity contribution is 6.00. The van der Waals surface area contributed by atoms with Crippen LogP contribution in [0.2, 0.25) is 0 Å². The summed E-state index contributed by atoms with van der Waals surface area (Å²) in [6.45, 7) is 3.72. The molecular formula is C24H29N3O4. The summed E-state index contributed by atoms with van der Waals surface area (Å²) in [5.74, 6) is 3.40. The summed E-state index contributed by atoms with van der Waals surface area (Å²) in [5.41, 5.74) is 3.92. The summed E-state index contributed by atoms with van der Waals surface area (Å²) in [4.78, 5) is 18.4. The minimum Gasteiger partial charge on any atom is -0.493 e. The van der Waals surface area contributed by atoms with Gasteiger partial charge in [-0.05, 0) is 56.2 Å². The van der Waals surface area contributed by atoms with E-state index in [9.17, 15) is 4.79 Å². The van der Waals surface area contributed by atoms with E-state index >= 15 is 0 Å². The average Bonchev–Trinajstić information content (AvgIpc) is 3.42. The maximum Gasteiger partial charge on any atom is 0.270 e. The Morgan fingerprint density at radius 3 is 2.74 bits per heavy atom. The van der Waals surface area contributed by atoms with Crippen molar-refractivity contribution >= 4 is 16.8 Å². The Morgan fingerprint density at radius 1 is 1.19 bits per heavy atom. The molecule has 0 saturated carbocycles. The first-order valence-corrected chi connectivity index (χ1v) is 11.1. The Kier molecular flexibility index (Phi) is 5.12. The van der Waals surface area contributed by atoms with E-state index in [0.29, 0.717) is 42.1 Å². The molecule has 0 unspecified atom stereocenters. The molecule has 1 aliphatic heterocycles. The zero-order valence-corrected chi connectivity index (χ0v) is 18.4. The van der Waals surface area contributed by atoms with Crippen molar-refractivity contribution in [1.29, 1.82) is 0 Å². The molecule has 1 saturated heterocycles. The molecule has 1 amide bonds. The summed E-state index contributed by atoms with van der Waals surface area (Å²) >= 11 is 0. The highest BCUT2D eigenvalue weighted by atomic mass is 16.5. The van der Waals surface area contributed by atoms with Gasteiger partial charge in [-0.1, -0.05) is 12.1 Å². The van der Waals surface area contributed by atoms with Crippen molar-refractivity contribution in [3.63, 3.8) is 0 Å². The van der Waals surface area contributed by atoms with Crippen LogP contribution >= 0.6 is 0 Å². The van der Waals surface area contributed by atoms with E-state index < -0.39 is 0 Å². The predicted octanol–water partition coefficient (Wildman–Crippen LogP) is 4.32. The number of nitrogens with one attached hydrogen (secondary N) is 1. The van der Waals surface area contributed by atoms with Gasteiger partial charge >= 0.3 is 0 Å². The number of aryl methyl sites for hydroxylation is 1. The fourth-order valence-corrected chi connectivity index (χ4v) is 5.09. The highest BCUT2D eigenvalue weighted by Crippen LogP contribution is 2.38. The van der Waals surface area contributed by atoms with Crippen molar-refractivity contribution in [2.24, 2.45) is 5.92 Å². The number of benzene rings is 1. The third-order valence-corrected chi connectivity index (χ3v) is 6.85. The number of rotatable bonds is 4. The van der Waals surface area contributed by atoms with Crippen molar-refractivity contribution in [2.75, 3.05) is 27.3 Å². The molecule has 0 radical (unpaired) electrons. The molecule has 164 valence electrons. The zero-order valence-electron chi connectivity index (χ0n) is 18.4. The van der Waals surface area contributed by atoms with Crippen molar-refractivity contribution in [3.05, 3.63) is 40.9 Å². The topological polar surface area (TPSA) is 80.6 Å². The lowest BCUT2D eigenvalue weighted by Crippen LogP contribution is -2.38. The summed E-state index contributed by atoms with van der Waals surface area (Å²) in [6.07, 6.45) is 5.07. The minimum absolute atomic E-state index is 0.0175. The lowest BCUT2D eigenvalue weighted by molar-refractivity contribution is 0.0701. The first kappa shape index (κ1) is 20.0. The van der Waals surface area contributed by atoms with Gasteiger partial charge in [0.1, 0.15) is 11.5 Å². The van der Waals surface area contributed by atoms with Gasteiger partial charge in [0.2, 0.25) is 0 Å². The third-order valence-electron chi connectivity index (χ3n) is 6.85.